The topological polar surface area (TPSA) is 89.8 Å². The fourth-order valence-corrected chi connectivity index (χ4v) is 6.92. The SMILES string of the molecule is CS(=O)(=O)OCCc1cn2c(C(=O)NCC34CC5CC(CC(C5)C3)C4)cccc2n1. The summed E-state index contributed by atoms with van der Waals surface area (Å²) in [5, 5.41) is 3.23. The molecule has 6 rings (SSSR count). The van der Waals surface area contributed by atoms with Gasteiger partial charge in [0.1, 0.15) is 11.3 Å². The lowest BCUT2D eigenvalue weighted by atomic mass is 9.49. The molecule has 4 fully saturated rings. The van der Waals surface area contributed by atoms with Crippen molar-refractivity contribution in [1.29, 1.82) is 0 Å². The highest BCUT2D eigenvalue weighted by atomic mass is 32.2. The van der Waals surface area contributed by atoms with Gasteiger partial charge in [-0.3, -0.25) is 13.4 Å². The maximum absolute atomic E-state index is 13.0. The Kier molecular flexibility index (Phi) is 4.89. The Morgan fingerprint density at radius 1 is 1.20 bits per heavy atom. The number of amides is 1. The number of carbonyl (C=O) groups is 1. The number of fused-ring (bicyclic) bond motifs is 1. The molecule has 4 saturated carbocycles. The van der Waals surface area contributed by atoms with Gasteiger partial charge in [0.25, 0.3) is 16.0 Å². The first kappa shape index (κ1) is 20.0. The molecular weight excluding hydrogens is 402 g/mol. The number of hydrogen-bond acceptors (Lipinski definition) is 5. The zero-order chi connectivity index (χ0) is 20.9. The molecule has 0 saturated heterocycles. The zero-order valence-corrected chi connectivity index (χ0v) is 18.2. The van der Waals surface area contributed by atoms with Gasteiger partial charge < -0.3 is 5.32 Å². The smallest absolute Gasteiger partial charge is 0.268 e. The predicted octanol–water partition coefficient (Wildman–Crippen LogP) is 2.80. The molecule has 1 amide bonds. The third-order valence-electron chi connectivity index (χ3n) is 7.22. The van der Waals surface area contributed by atoms with E-state index in [9.17, 15) is 13.2 Å². The first-order valence-electron chi connectivity index (χ1n) is 10.9. The molecule has 30 heavy (non-hydrogen) atoms. The number of nitrogens with one attached hydrogen (secondary N) is 1. The summed E-state index contributed by atoms with van der Waals surface area (Å²) in [5.74, 6) is 2.51. The molecule has 4 aliphatic carbocycles. The van der Waals surface area contributed by atoms with E-state index in [0.717, 1.165) is 30.6 Å². The van der Waals surface area contributed by atoms with Crippen LogP contribution in [0.5, 0.6) is 0 Å². The minimum absolute atomic E-state index is 0.0380. The average Bonchev–Trinajstić information content (AvgIpc) is 3.07. The maximum Gasteiger partial charge on any atom is 0.268 e. The van der Waals surface area contributed by atoms with E-state index in [1.54, 1.807) is 16.7 Å². The standard InChI is InChI=1S/C22H29N3O4S/c1-30(27,28)29-6-5-18-13-25-19(3-2-4-20(25)24-18)21(26)23-14-22-10-15-7-16(11-22)9-17(8-15)12-22/h2-4,13,15-17H,5-12,14H2,1H3,(H,23,26). The molecule has 0 spiro atoms. The van der Waals surface area contributed by atoms with Crippen molar-refractivity contribution in [3.8, 4) is 0 Å². The van der Waals surface area contributed by atoms with Crippen molar-refractivity contribution in [2.45, 2.75) is 44.9 Å². The van der Waals surface area contributed by atoms with E-state index in [4.69, 9.17) is 4.18 Å². The zero-order valence-electron chi connectivity index (χ0n) is 17.3. The number of nitrogens with zero attached hydrogens (tertiary/aromatic N) is 2. The van der Waals surface area contributed by atoms with Crippen LogP contribution in [0.2, 0.25) is 0 Å². The average molecular weight is 432 g/mol. The van der Waals surface area contributed by atoms with Crippen LogP contribution in [-0.2, 0) is 20.7 Å². The van der Waals surface area contributed by atoms with E-state index in [1.807, 2.05) is 12.1 Å². The Morgan fingerprint density at radius 3 is 2.50 bits per heavy atom. The minimum Gasteiger partial charge on any atom is -0.350 e. The number of aromatic nitrogens is 2. The van der Waals surface area contributed by atoms with Crippen LogP contribution >= 0.6 is 0 Å². The van der Waals surface area contributed by atoms with Crippen LogP contribution in [0, 0.1) is 23.2 Å². The Morgan fingerprint density at radius 2 is 1.87 bits per heavy atom. The van der Waals surface area contributed by atoms with Crippen molar-refractivity contribution in [2.75, 3.05) is 19.4 Å². The lowest BCUT2D eigenvalue weighted by Crippen LogP contribution is -2.51. The molecule has 4 aliphatic rings. The van der Waals surface area contributed by atoms with Gasteiger partial charge in [-0.25, -0.2) is 4.98 Å². The van der Waals surface area contributed by atoms with Gasteiger partial charge in [0, 0.05) is 19.2 Å². The molecule has 0 atom stereocenters. The van der Waals surface area contributed by atoms with Crippen molar-refractivity contribution in [2.24, 2.45) is 23.2 Å². The van der Waals surface area contributed by atoms with Gasteiger partial charge in [-0.05, 0) is 73.8 Å². The molecule has 2 aromatic rings. The summed E-state index contributed by atoms with van der Waals surface area (Å²) in [6.45, 7) is 0.797. The van der Waals surface area contributed by atoms with Crippen molar-refractivity contribution in [1.82, 2.24) is 14.7 Å². The van der Waals surface area contributed by atoms with Gasteiger partial charge in [0.15, 0.2) is 0 Å². The molecule has 7 nitrogen and oxygen atoms in total. The highest BCUT2D eigenvalue weighted by Gasteiger charge is 2.50. The lowest BCUT2D eigenvalue weighted by molar-refractivity contribution is -0.0503. The van der Waals surface area contributed by atoms with Crippen LogP contribution < -0.4 is 5.32 Å². The summed E-state index contributed by atoms with van der Waals surface area (Å²) >= 11 is 0. The summed E-state index contributed by atoms with van der Waals surface area (Å²) in [7, 11) is -3.47. The second-order valence-corrected chi connectivity index (χ2v) is 11.4. The normalized spacial score (nSPS) is 30.1. The van der Waals surface area contributed by atoms with E-state index in [0.29, 0.717) is 28.9 Å². The minimum atomic E-state index is -3.47. The molecule has 0 aliphatic heterocycles. The molecule has 4 bridgehead atoms. The summed E-state index contributed by atoms with van der Waals surface area (Å²) in [6.07, 6.45) is 11.2. The van der Waals surface area contributed by atoms with Crippen LogP contribution in [0.1, 0.15) is 54.7 Å². The second kappa shape index (κ2) is 7.34. The van der Waals surface area contributed by atoms with Crippen molar-refractivity contribution < 1.29 is 17.4 Å². The number of pyridine rings is 1. The molecule has 2 heterocycles. The van der Waals surface area contributed by atoms with Crippen LogP contribution in [0.25, 0.3) is 5.65 Å². The fraction of sp³-hybridized carbons (Fsp3) is 0.636. The number of rotatable bonds is 7. The van der Waals surface area contributed by atoms with Gasteiger partial charge in [-0.15, -0.1) is 0 Å². The van der Waals surface area contributed by atoms with E-state index in [1.165, 1.54) is 38.5 Å². The van der Waals surface area contributed by atoms with E-state index < -0.39 is 10.1 Å². The second-order valence-electron chi connectivity index (χ2n) is 9.75. The summed E-state index contributed by atoms with van der Waals surface area (Å²) < 4.78 is 28.9. The van der Waals surface area contributed by atoms with Gasteiger partial charge >= 0.3 is 0 Å². The van der Waals surface area contributed by atoms with Crippen LogP contribution in [0.15, 0.2) is 24.4 Å². The van der Waals surface area contributed by atoms with Gasteiger partial charge in [-0.2, -0.15) is 8.42 Å². The fourth-order valence-electron chi connectivity index (χ4n) is 6.53. The van der Waals surface area contributed by atoms with Crippen LogP contribution in [0.3, 0.4) is 0 Å². The molecule has 0 aromatic carbocycles. The first-order valence-corrected chi connectivity index (χ1v) is 12.7. The Balaban J connectivity index is 1.28. The first-order chi connectivity index (χ1) is 14.3. The molecule has 8 heteroatoms. The number of hydrogen-bond donors (Lipinski definition) is 1. The molecule has 0 unspecified atom stereocenters. The lowest BCUT2D eigenvalue weighted by Gasteiger charge is -2.56. The highest BCUT2D eigenvalue weighted by molar-refractivity contribution is 7.85. The van der Waals surface area contributed by atoms with Gasteiger partial charge in [-0.1, -0.05) is 6.07 Å². The molecule has 0 radical (unpaired) electrons. The third-order valence-corrected chi connectivity index (χ3v) is 7.81. The highest BCUT2D eigenvalue weighted by Crippen LogP contribution is 2.59. The predicted molar refractivity (Wildman–Crippen MR) is 113 cm³/mol. The third kappa shape index (κ3) is 3.99. The van der Waals surface area contributed by atoms with Crippen LogP contribution in [0.4, 0.5) is 0 Å². The number of carbonyl (C=O) groups excluding carboxylic acids is 1. The summed E-state index contributed by atoms with van der Waals surface area (Å²) in [4.78, 5) is 17.5. The molecule has 2 aromatic heterocycles. The monoisotopic (exact) mass is 431 g/mol. The van der Waals surface area contributed by atoms with Crippen LogP contribution in [-0.4, -0.2) is 43.1 Å². The van der Waals surface area contributed by atoms with E-state index in [2.05, 4.69) is 10.3 Å². The van der Waals surface area contributed by atoms with Gasteiger partial charge in [0.05, 0.1) is 18.6 Å². The molecule has 162 valence electrons. The van der Waals surface area contributed by atoms with Crippen molar-refractivity contribution >= 4 is 21.7 Å². The Labute approximate surface area is 177 Å². The van der Waals surface area contributed by atoms with E-state index in [-0.39, 0.29) is 12.5 Å². The van der Waals surface area contributed by atoms with Crippen molar-refractivity contribution in [3.63, 3.8) is 0 Å². The summed E-state index contributed by atoms with van der Waals surface area (Å²) in [6, 6.07) is 5.48. The van der Waals surface area contributed by atoms with Gasteiger partial charge in [0.2, 0.25) is 0 Å². The van der Waals surface area contributed by atoms with E-state index >= 15 is 0 Å². The Bertz CT molecular complexity index is 1040. The quantitative estimate of drug-likeness (QED) is 0.681. The molecular formula is C22H29N3O4S. The summed E-state index contributed by atoms with van der Waals surface area (Å²) in [5.41, 5.74) is 2.22. The Hall–Kier alpha value is -1.93. The maximum atomic E-state index is 13.0. The largest absolute Gasteiger partial charge is 0.350 e. The molecule has 1 N–H and O–H groups in total. The van der Waals surface area contributed by atoms with Crippen molar-refractivity contribution in [3.05, 3.63) is 35.8 Å². The number of imidazole rings is 1.